The van der Waals surface area contributed by atoms with Crippen LogP contribution >= 0.6 is 24.0 Å². The number of hydrogen-bond acceptors (Lipinski definition) is 4. The summed E-state index contributed by atoms with van der Waals surface area (Å²) >= 11 is 0. The van der Waals surface area contributed by atoms with E-state index in [0.29, 0.717) is 32.0 Å². The Morgan fingerprint density at radius 1 is 1.28 bits per heavy atom. The van der Waals surface area contributed by atoms with Gasteiger partial charge in [0.05, 0.1) is 13.2 Å². The molecular weight excluding hydrogens is 490 g/mol. The van der Waals surface area contributed by atoms with Crippen LogP contribution in [0.25, 0.3) is 0 Å². The minimum atomic E-state index is -0.286. The lowest BCUT2D eigenvalue weighted by Crippen LogP contribution is -2.50. The smallest absolute Gasteiger partial charge is 0.409 e. The molecule has 1 aliphatic heterocycles. The first-order valence-corrected chi connectivity index (χ1v) is 9.90. The fraction of sp³-hybridized carbons (Fsp3) is 0.600. The van der Waals surface area contributed by atoms with Crippen LogP contribution in [0.15, 0.2) is 29.3 Å². The predicted molar refractivity (Wildman–Crippen MR) is 123 cm³/mol. The third-order valence-electron chi connectivity index (χ3n) is 4.36. The van der Waals surface area contributed by atoms with E-state index >= 15 is 0 Å². The van der Waals surface area contributed by atoms with Gasteiger partial charge in [-0.2, -0.15) is 0 Å². The molecule has 164 valence electrons. The number of halogens is 2. The van der Waals surface area contributed by atoms with Crippen molar-refractivity contribution in [2.45, 2.75) is 45.8 Å². The van der Waals surface area contributed by atoms with Gasteiger partial charge in [0.2, 0.25) is 0 Å². The highest BCUT2D eigenvalue weighted by molar-refractivity contribution is 14.0. The molecule has 0 radical (unpaired) electrons. The van der Waals surface area contributed by atoms with Crippen molar-refractivity contribution >= 4 is 36.0 Å². The lowest BCUT2D eigenvalue weighted by molar-refractivity contribution is 0.0963. The average molecular weight is 522 g/mol. The van der Waals surface area contributed by atoms with Crippen LogP contribution in [0.5, 0.6) is 5.75 Å². The van der Waals surface area contributed by atoms with Gasteiger partial charge in [-0.25, -0.2) is 14.2 Å². The normalized spacial score (nSPS) is 15.9. The van der Waals surface area contributed by atoms with Gasteiger partial charge in [0.15, 0.2) is 5.96 Å². The highest BCUT2D eigenvalue weighted by Gasteiger charge is 2.24. The largest absolute Gasteiger partial charge is 0.489 e. The number of nitrogens with zero attached hydrogens (tertiary/aromatic N) is 2. The number of carbonyl (C=O) groups excluding carboxylic acids is 1. The molecule has 7 nitrogen and oxygen atoms in total. The maximum atomic E-state index is 13.0. The quantitative estimate of drug-likeness (QED) is 0.327. The number of guanidine groups is 1. The van der Waals surface area contributed by atoms with Crippen molar-refractivity contribution in [2.24, 2.45) is 4.99 Å². The maximum absolute atomic E-state index is 13.0. The number of amides is 1. The minimum absolute atomic E-state index is 0. The molecule has 1 unspecified atom stereocenters. The molecule has 0 aromatic heterocycles. The highest BCUT2D eigenvalue weighted by Crippen LogP contribution is 2.13. The molecule has 29 heavy (non-hydrogen) atoms. The number of ether oxygens (including phenoxy) is 2. The number of carbonyl (C=O) groups is 1. The molecule has 2 N–H and O–H groups in total. The van der Waals surface area contributed by atoms with Crippen LogP contribution in [-0.2, 0) is 4.74 Å². The first-order valence-electron chi connectivity index (χ1n) is 9.90. The molecule has 9 heteroatoms. The second kappa shape index (κ2) is 13.4. The van der Waals surface area contributed by atoms with Gasteiger partial charge in [0.25, 0.3) is 0 Å². The molecule has 1 amide bonds. The molecule has 1 aromatic carbocycles. The Hall–Kier alpha value is -1.78. The minimum Gasteiger partial charge on any atom is -0.489 e. The van der Waals surface area contributed by atoms with E-state index < -0.39 is 0 Å². The molecule has 0 spiro atoms. The second-order valence-corrected chi connectivity index (χ2v) is 6.71. The molecule has 1 aromatic rings. The van der Waals surface area contributed by atoms with Crippen LogP contribution in [0.1, 0.15) is 33.6 Å². The summed E-state index contributed by atoms with van der Waals surface area (Å²) in [6.45, 7) is 8.70. The van der Waals surface area contributed by atoms with E-state index in [1.54, 1.807) is 17.0 Å². The van der Waals surface area contributed by atoms with Crippen LogP contribution in [0.4, 0.5) is 9.18 Å². The molecule has 1 fully saturated rings. The Morgan fingerprint density at radius 2 is 1.93 bits per heavy atom. The van der Waals surface area contributed by atoms with Crippen molar-refractivity contribution in [3.05, 3.63) is 30.1 Å². The number of hydrogen-bond donors (Lipinski definition) is 2. The summed E-state index contributed by atoms with van der Waals surface area (Å²) in [5.74, 6) is 1.06. The lowest BCUT2D eigenvalue weighted by Gasteiger charge is -2.32. The van der Waals surface area contributed by atoms with Gasteiger partial charge in [0.1, 0.15) is 17.7 Å². The van der Waals surface area contributed by atoms with Crippen LogP contribution in [0.3, 0.4) is 0 Å². The zero-order valence-electron chi connectivity index (χ0n) is 17.3. The molecule has 1 heterocycles. The van der Waals surface area contributed by atoms with Gasteiger partial charge in [-0.15, -0.1) is 24.0 Å². The molecule has 0 bridgehead atoms. The maximum Gasteiger partial charge on any atom is 0.409 e. The first kappa shape index (κ1) is 25.3. The van der Waals surface area contributed by atoms with Gasteiger partial charge in [-0.05, 0) is 57.9 Å². The Bertz CT molecular complexity index is 637. The summed E-state index contributed by atoms with van der Waals surface area (Å²) in [5.41, 5.74) is 0. The molecule has 1 saturated heterocycles. The third-order valence-corrected chi connectivity index (χ3v) is 4.36. The number of rotatable bonds is 7. The van der Waals surface area contributed by atoms with Crippen LogP contribution in [0, 0.1) is 5.82 Å². The van der Waals surface area contributed by atoms with Crippen molar-refractivity contribution in [3.63, 3.8) is 0 Å². The van der Waals surface area contributed by atoms with E-state index in [2.05, 4.69) is 15.6 Å². The predicted octanol–water partition coefficient (Wildman–Crippen LogP) is 3.39. The van der Waals surface area contributed by atoms with E-state index in [4.69, 9.17) is 9.47 Å². The van der Waals surface area contributed by atoms with Crippen LogP contribution < -0.4 is 15.4 Å². The number of benzene rings is 1. The summed E-state index contributed by atoms with van der Waals surface area (Å²) < 4.78 is 23.8. The second-order valence-electron chi connectivity index (χ2n) is 6.71. The van der Waals surface area contributed by atoms with E-state index in [1.165, 1.54) is 12.1 Å². The Morgan fingerprint density at radius 3 is 2.52 bits per heavy atom. The summed E-state index contributed by atoms with van der Waals surface area (Å²) in [7, 11) is 0. The number of likely N-dealkylation sites (tertiary alicyclic amines) is 1. The Balaban J connectivity index is 0.00000420. The molecule has 1 aliphatic rings. The Labute approximate surface area is 189 Å². The summed E-state index contributed by atoms with van der Waals surface area (Å²) in [6, 6.07) is 6.21. The zero-order chi connectivity index (χ0) is 20.4. The van der Waals surface area contributed by atoms with Crippen molar-refractivity contribution < 1.29 is 18.7 Å². The van der Waals surface area contributed by atoms with E-state index in [-0.39, 0.29) is 48.0 Å². The summed E-state index contributed by atoms with van der Waals surface area (Å²) in [4.78, 5) is 18.1. The van der Waals surface area contributed by atoms with Crippen molar-refractivity contribution in [1.82, 2.24) is 15.5 Å². The van der Waals surface area contributed by atoms with Crippen molar-refractivity contribution in [2.75, 3.05) is 32.8 Å². The van der Waals surface area contributed by atoms with Gasteiger partial charge in [-0.1, -0.05) is 0 Å². The monoisotopic (exact) mass is 522 g/mol. The topological polar surface area (TPSA) is 75.2 Å². The standard InChI is InChI=1S/C20H31FN4O3.HI/c1-4-22-19(23-14-15(3)28-18-8-6-16(21)7-9-18)24-17-10-12-25(13-11-17)20(26)27-5-2;/h6-9,15,17H,4-5,10-14H2,1-3H3,(H2,22,23,24);1H. The molecule has 1 atom stereocenters. The van der Waals surface area contributed by atoms with Gasteiger partial charge in [-0.3, -0.25) is 0 Å². The number of aliphatic imine (C=N–C) groups is 1. The first-order chi connectivity index (χ1) is 13.5. The number of piperidine rings is 1. The SMILES string of the molecule is CCNC(=NCC(C)Oc1ccc(F)cc1)NC1CCN(C(=O)OCC)CC1.I. The zero-order valence-corrected chi connectivity index (χ0v) is 19.6. The van der Waals surface area contributed by atoms with Crippen molar-refractivity contribution in [1.29, 1.82) is 0 Å². The lowest BCUT2D eigenvalue weighted by atomic mass is 10.1. The molecule has 0 saturated carbocycles. The molecule has 2 rings (SSSR count). The highest BCUT2D eigenvalue weighted by atomic mass is 127. The Kier molecular flexibility index (Phi) is 11.7. The average Bonchev–Trinajstić information content (AvgIpc) is 2.69. The van der Waals surface area contributed by atoms with Gasteiger partial charge < -0.3 is 25.0 Å². The van der Waals surface area contributed by atoms with Gasteiger partial charge >= 0.3 is 6.09 Å². The van der Waals surface area contributed by atoms with Crippen LogP contribution in [0.2, 0.25) is 0 Å². The third kappa shape index (κ3) is 9.05. The fourth-order valence-electron chi connectivity index (χ4n) is 2.94. The molecular formula is C20H32FIN4O3. The van der Waals surface area contributed by atoms with Crippen LogP contribution in [-0.4, -0.2) is 61.9 Å². The van der Waals surface area contributed by atoms with E-state index in [1.807, 2.05) is 20.8 Å². The number of nitrogens with one attached hydrogen (secondary N) is 2. The molecule has 0 aliphatic carbocycles. The van der Waals surface area contributed by atoms with Gasteiger partial charge in [0, 0.05) is 25.7 Å². The summed E-state index contributed by atoms with van der Waals surface area (Å²) in [6.07, 6.45) is 1.29. The fourth-order valence-corrected chi connectivity index (χ4v) is 2.94. The van der Waals surface area contributed by atoms with E-state index in [9.17, 15) is 9.18 Å². The van der Waals surface area contributed by atoms with E-state index in [0.717, 1.165) is 25.3 Å². The van der Waals surface area contributed by atoms with Crippen molar-refractivity contribution in [3.8, 4) is 5.75 Å². The summed E-state index contributed by atoms with van der Waals surface area (Å²) in [5, 5.41) is 6.67.